The second kappa shape index (κ2) is 3.92. The van der Waals surface area contributed by atoms with E-state index in [9.17, 15) is 4.79 Å². The van der Waals surface area contributed by atoms with Gasteiger partial charge in [0.05, 0.1) is 5.54 Å². The summed E-state index contributed by atoms with van der Waals surface area (Å²) in [7, 11) is 0. The van der Waals surface area contributed by atoms with Gasteiger partial charge in [-0.2, -0.15) is 0 Å². The predicted octanol–water partition coefficient (Wildman–Crippen LogP) is 0.239. The standard InChI is InChI=1S/C10H19N3O.ClH/c1-9(11)4-6-13(7-5-9)8(14)10(12)2-3-10;/h2-7,11-12H2,1H3;1H. The van der Waals surface area contributed by atoms with Crippen LogP contribution in [0.15, 0.2) is 0 Å². The molecule has 5 heteroatoms. The summed E-state index contributed by atoms with van der Waals surface area (Å²) in [6.45, 7) is 3.58. The lowest BCUT2D eigenvalue weighted by molar-refractivity contribution is -0.135. The first-order valence-corrected chi connectivity index (χ1v) is 5.30. The van der Waals surface area contributed by atoms with E-state index in [4.69, 9.17) is 11.5 Å². The first kappa shape index (κ1) is 12.7. The van der Waals surface area contributed by atoms with Crippen molar-refractivity contribution in [1.29, 1.82) is 0 Å². The molecule has 0 bridgehead atoms. The fourth-order valence-electron chi connectivity index (χ4n) is 1.88. The Labute approximate surface area is 96.8 Å². The van der Waals surface area contributed by atoms with Crippen LogP contribution in [0.4, 0.5) is 0 Å². The predicted molar refractivity (Wildman–Crippen MR) is 61.8 cm³/mol. The molecule has 0 aromatic heterocycles. The molecule has 2 rings (SSSR count). The van der Waals surface area contributed by atoms with Gasteiger partial charge in [0.1, 0.15) is 0 Å². The highest BCUT2D eigenvalue weighted by Gasteiger charge is 2.48. The zero-order valence-corrected chi connectivity index (χ0v) is 9.98. The molecule has 88 valence electrons. The normalized spacial score (nSPS) is 26.7. The highest BCUT2D eigenvalue weighted by atomic mass is 35.5. The molecule has 0 radical (unpaired) electrons. The van der Waals surface area contributed by atoms with Crippen LogP contribution in [0.1, 0.15) is 32.6 Å². The first-order valence-electron chi connectivity index (χ1n) is 5.30. The van der Waals surface area contributed by atoms with Crippen molar-refractivity contribution in [3.63, 3.8) is 0 Å². The lowest BCUT2D eigenvalue weighted by atomic mass is 9.90. The summed E-state index contributed by atoms with van der Waals surface area (Å²) in [5.74, 6) is 0.132. The molecule has 2 fully saturated rings. The molecule has 0 unspecified atom stereocenters. The molecule has 15 heavy (non-hydrogen) atoms. The number of hydrogen-bond donors (Lipinski definition) is 2. The van der Waals surface area contributed by atoms with E-state index in [1.165, 1.54) is 0 Å². The van der Waals surface area contributed by atoms with Crippen molar-refractivity contribution in [2.75, 3.05) is 13.1 Å². The quantitative estimate of drug-likeness (QED) is 0.682. The summed E-state index contributed by atoms with van der Waals surface area (Å²) in [5, 5.41) is 0. The Morgan fingerprint density at radius 2 is 1.60 bits per heavy atom. The van der Waals surface area contributed by atoms with Gasteiger partial charge in [-0.3, -0.25) is 4.79 Å². The number of carbonyl (C=O) groups excluding carboxylic acids is 1. The van der Waals surface area contributed by atoms with E-state index in [0.29, 0.717) is 0 Å². The molecule has 1 amide bonds. The number of amides is 1. The van der Waals surface area contributed by atoms with E-state index in [1.54, 1.807) is 0 Å². The van der Waals surface area contributed by atoms with Crippen LogP contribution in [-0.4, -0.2) is 35.0 Å². The van der Waals surface area contributed by atoms with Crippen LogP contribution >= 0.6 is 12.4 Å². The summed E-state index contributed by atoms with van der Waals surface area (Å²) in [6, 6.07) is 0. The van der Waals surface area contributed by atoms with Crippen LogP contribution < -0.4 is 11.5 Å². The maximum atomic E-state index is 11.9. The fraction of sp³-hybridized carbons (Fsp3) is 0.900. The van der Waals surface area contributed by atoms with Gasteiger partial charge in [-0.15, -0.1) is 12.4 Å². The van der Waals surface area contributed by atoms with Crippen molar-refractivity contribution in [2.45, 2.75) is 43.7 Å². The van der Waals surface area contributed by atoms with Crippen LogP contribution in [0, 0.1) is 0 Å². The topological polar surface area (TPSA) is 72.3 Å². The summed E-state index contributed by atoms with van der Waals surface area (Å²) >= 11 is 0. The van der Waals surface area contributed by atoms with E-state index >= 15 is 0 Å². The van der Waals surface area contributed by atoms with E-state index < -0.39 is 5.54 Å². The number of rotatable bonds is 1. The Hall–Kier alpha value is -0.320. The van der Waals surface area contributed by atoms with E-state index in [2.05, 4.69) is 0 Å². The van der Waals surface area contributed by atoms with Gasteiger partial charge in [0.2, 0.25) is 5.91 Å². The van der Waals surface area contributed by atoms with Crippen molar-refractivity contribution >= 4 is 18.3 Å². The molecule has 1 aliphatic carbocycles. The van der Waals surface area contributed by atoms with Gasteiger partial charge in [0, 0.05) is 18.6 Å². The van der Waals surface area contributed by atoms with Gasteiger partial charge < -0.3 is 16.4 Å². The van der Waals surface area contributed by atoms with Crippen LogP contribution in [0.3, 0.4) is 0 Å². The van der Waals surface area contributed by atoms with Crippen molar-refractivity contribution in [3.8, 4) is 0 Å². The number of halogens is 1. The van der Waals surface area contributed by atoms with Gasteiger partial charge in [-0.25, -0.2) is 0 Å². The highest BCUT2D eigenvalue weighted by molar-refractivity contribution is 5.89. The highest BCUT2D eigenvalue weighted by Crippen LogP contribution is 2.35. The maximum absolute atomic E-state index is 11.9. The first-order chi connectivity index (χ1) is 6.43. The Kier molecular flexibility index (Phi) is 3.33. The lowest BCUT2D eigenvalue weighted by Gasteiger charge is -2.37. The average molecular weight is 234 g/mol. The minimum absolute atomic E-state index is 0. The Bertz CT molecular complexity index is 253. The SMILES string of the molecule is CC1(N)CCN(C(=O)C2(N)CC2)CC1.Cl. The summed E-state index contributed by atoms with van der Waals surface area (Å²) in [6.07, 6.45) is 3.47. The minimum atomic E-state index is -0.512. The molecule has 2 aliphatic rings. The molecule has 0 aromatic carbocycles. The van der Waals surface area contributed by atoms with Crippen molar-refractivity contribution in [3.05, 3.63) is 0 Å². The lowest BCUT2D eigenvalue weighted by Crippen LogP contribution is -2.54. The fourth-order valence-corrected chi connectivity index (χ4v) is 1.88. The second-order valence-electron chi connectivity index (χ2n) is 5.10. The zero-order valence-electron chi connectivity index (χ0n) is 9.16. The monoisotopic (exact) mass is 233 g/mol. The maximum Gasteiger partial charge on any atom is 0.242 e. The third-order valence-corrected chi connectivity index (χ3v) is 3.41. The molecule has 0 aromatic rings. The molecule has 1 aliphatic heterocycles. The number of nitrogens with zero attached hydrogens (tertiary/aromatic N) is 1. The summed E-state index contributed by atoms with van der Waals surface area (Å²) < 4.78 is 0. The van der Waals surface area contributed by atoms with Gasteiger partial charge in [0.15, 0.2) is 0 Å². The molecule has 1 saturated heterocycles. The van der Waals surface area contributed by atoms with E-state index in [0.717, 1.165) is 38.8 Å². The Morgan fingerprint density at radius 1 is 1.13 bits per heavy atom. The van der Waals surface area contributed by atoms with Crippen LogP contribution in [-0.2, 0) is 4.79 Å². The van der Waals surface area contributed by atoms with Crippen LogP contribution in [0.25, 0.3) is 0 Å². The van der Waals surface area contributed by atoms with Gasteiger partial charge >= 0.3 is 0 Å². The molecule has 1 heterocycles. The number of nitrogens with two attached hydrogens (primary N) is 2. The minimum Gasteiger partial charge on any atom is -0.341 e. The Morgan fingerprint density at radius 3 is 2.00 bits per heavy atom. The second-order valence-corrected chi connectivity index (χ2v) is 5.10. The zero-order chi connectivity index (χ0) is 10.4. The number of likely N-dealkylation sites (tertiary alicyclic amines) is 1. The summed E-state index contributed by atoms with van der Waals surface area (Å²) in [4.78, 5) is 13.7. The van der Waals surface area contributed by atoms with Gasteiger partial charge in [-0.05, 0) is 32.6 Å². The van der Waals surface area contributed by atoms with Crippen molar-refractivity contribution in [1.82, 2.24) is 4.90 Å². The number of carbonyl (C=O) groups is 1. The van der Waals surface area contributed by atoms with Crippen LogP contribution in [0.2, 0.25) is 0 Å². The molecular weight excluding hydrogens is 214 g/mol. The molecule has 0 atom stereocenters. The van der Waals surface area contributed by atoms with Crippen molar-refractivity contribution < 1.29 is 4.79 Å². The number of hydrogen-bond acceptors (Lipinski definition) is 3. The van der Waals surface area contributed by atoms with Gasteiger partial charge in [-0.1, -0.05) is 0 Å². The summed E-state index contributed by atoms with van der Waals surface area (Å²) in [5.41, 5.74) is 11.3. The third kappa shape index (κ3) is 2.62. The largest absolute Gasteiger partial charge is 0.341 e. The van der Waals surface area contributed by atoms with E-state index in [1.807, 2.05) is 11.8 Å². The molecular formula is C10H20ClN3O. The molecule has 1 saturated carbocycles. The van der Waals surface area contributed by atoms with Crippen molar-refractivity contribution in [2.24, 2.45) is 11.5 Å². The molecule has 4 nitrogen and oxygen atoms in total. The average Bonchev–Trinajstić information content (AvgIpc) is 2.84. The Balaban J connectivity index is 0.00000112. The molecule has 0 spiro atoms. The van der Waals surface area contributed by atoms with E-state index in [-0.39, 0.29) is 23.9 Å². The van der Waals surface area contributed by atoms with Gasteiger partial charge in [0.25, 0.3) is 0 Å². The third-order valence-electron chi connectivity index (χ3n) is 3.41. The van der Waals surface area contributed by atoms with Crippen LogP contribution in [0.5, 0.6) is 0 Å². The molecule has 4 N–H and O–H groups in total. The number of piperidine rings is 1. The smallest absolute Gasteiger partial charge is 0.242 e.